The lowest BCUT2D eigenvalue weighted by Crippen LogP contribution is -2.28. The number of carbonyl (C=O) groups is 1. The summed E-state index contributed by atoms with van der Waals surface area (Å²) in [5.41, 5.74) is 2.74. The van der Waals surface area contributed by atoms with Gasteiger partial charge in [-0.05, 0) is 42.7 Å². The minimum atomic E-state index is -0.448. The number of hydrogen-bond acceptors (Lipinski definition) is 5. The van der Waals surface area contributed by atoms with E-state index in [4.69, 9.17) is 4.74 Å². The van der Waals surface area contributed by atoms with Gasteiger partial charge in [-0.2, -0.15) is 0 Å². The maximum atomic E-state index is 12.7. The quantitative estimate of drug-likeness (QED) is 0.516. The van der Waals surface area contributed by atoms with Crippen molar-refractivity contribution in [1.29, 1.82) is 0 Å². The Kier molecular flexibility index (Phi) is 5.53. The van der Waals surface area contributed by atoms with Crippen molar-refractivity contribution >= 4 is 17.2 Å². The van der Waals surface area contributed by atoms with Gasteiger partial charge in [-0.1, -0.05) is 43.7 Å². The van der Waals surface area contributed by atoms with Crippen LogP contribution in [-0.2, 0) is 11.3 Å². The first kappa shape index (κ1) is 20.3. The second-order valence-electron chi connectivity index (χ2n) is 7.61. The number of aryl methyl sites for hydroxylation is 1. The molecular formula is C23H23N5O3. The molecule has 0 aliphatic carbocycles. The van der Waals surface area contributed by atoms with Gasteiger partial charge in [0.1, 0.15) is 12.3 Å². The van der Waals surface area contributed by atoms with Crippen molar-refractivity contribution in [2.24, 2.45) is 0 Å². The summed E-state index contributed by atoms with van der Waals surface area (Å²) < 4.78 is 8.20. The molecule has 158 valence electrons. The molecule has 4 rings (SSSR count). The first-order valence-electron chi connectivity index (χ1n) is 9.99. The van der Waals surface area contributed by atoms with Crippen LogP contribution >= 0.6 is 0 Å². The second-order valence-corrected chi connectivity index (χ2v) is 7.61. The van der Waals surface area contributed by atoms with Crippen molar-refractivity contribution in [3.8, 4) is 11.6 Å². The average molecular weight is 417 g/mol. The number of nitrogens with one attached hydrogen (secondary N) is 1. The molecule has 0 fully saturated rings. The van der Waals surface area contributed by atoms with E-state index in [1.165, 1.54) is 22.4 Å². The molecule has 0 spiro atoms. The van der Waals surface area contributed by atoms with Gasteiger partial charge in [0, 0.05) is 18.1 Å². The van der Waals surface area contributed by atoms with E-state index in [0.29, 0.717) is 17.4 Å². The fourth-order valence-corrected chi connectivity index (χ4v) is 3.11. The molecule has 1 amide bonds. The number of anilines is 1. The highest BCUT2D eigenvalue weighted by molar-refractivity contribution is 5.90. The first-order chi connectivity index (χ1) is 14.9. The number of hydrogen-bond donors (Lipinski definition) is 1. The van der Waals surface area contributed by atoms with Crippen molar-refractivity contribution < 1.29 is 9.53 Å². The predicted molar refractivity (Wildman–Crippen MR) is 118 cm³/mol. The third-order valence-corrected chi connectivity index (χ3v) is 4.86. The summed E-state index contributed by atoms with van der Waals surface area (Å²) in [5.74, 6) is 0.825. The molecule has 0 aliphatic heterocycles. The Labute approximate surface area is 179 Å². The zero-order valence-corrected chi connectivity index (χ0v) is 17.6. The van der Waals surface area contributed by atoms with Gasteiger partial charge in [-0.3, -0.25) is 4.79 Å². The maximum absolute atomic E-state index is 12.7. The summed E-state index contributed by atoms with van der Waals surface area (Å²) in [6, 6.07) is 15.1. The Hall–Kier alpha value is -3.94. The van der Waals surface area contributed by atoms with Crippen LogP contribution < -0.4 is 15.7 Å². The third kappa shape index (κ3) is 4.48. The molecule has 8 heteroatoms. The predicted octanol–water partition coefficient (Wildman–Crippen LogP) is 3.75. The Morgan fingerprint density at radius 1 is 1.10 bits per heavy atom. The van der Waals surface area contributed by atoms with E-state index in [-0.39, 0.29) is 24.0 Å². The average Bonchev–Trinajstić information content (AvgIpc) is 3.06. The number of amides is 1. The Balaban J connectivity index is 1.54. The molecule has 0 atom stereocenters. The lowest BCUT2D eigenvalue weighted by molar-refractivity contribution is -0.117. The standard InChI is InChI=1S/C23H23N5O3/c1-15(2)17-6-8-18(9-7-17)25-20(29)14-28-23(30)27-13-12-24-22(21(27)26-28)31-19-10-4-16(3)5-11-19/h4-13,15H,14H2,1-3H3,(H,25,29). The van der Waals surface area contributed by atoms with Crippen LogP contribution in [-0.4, -0.2) is 25.1 Å². The minimum absolute atomic E-state index is 0.187. The highest BCUT2D eigenvalue weighted by Gasteiger charge is 2.16. The number of rotatable bonds is 6. The van der Waals surface area contributed by atoms with Gasteiger partial charge in [0.2, 0.25) is 11.6 Å². The van der Waals surface area contributed by atoms with E-state index in [1.54, 1.807) is 0 Å². The topological polar surface area (TPSA) is 90.5 Å². The number of fused-ring (bicyclic) bond motifs is 1. The summed E-state index contributed by atoms with van der Waals surface area (Å²) in [7, 11) is 0. The van der Waals surface area contributed by atoms with Crippen molar-refractivity contribution in [2.45, 2.75) is 33.2 Å². The molecule has 2 heterocycles. The van der Waals surface area contributed by atoms with Gasteiger partial charge >= 0.3 is 5.69 Å². The molecule has 0 radical (unpaired) electrons. The van der Waals surface area contributed by atoms with Crippen LogP contribution in [0, 0.1) is 6.92 Å². The van der Waals surface area contributed by atoms with E-state index in [9.17, 15) is 9.59 Å². The fourth-order valence-electron chi connectivity index (χ4n) is 3.11. The van der Waals surface area contributed by atoms with Gasteiger partial charge in [0.05, 0.1) is 0 Å². The van der Waals surface area contributed by atoms with E-state index in [0.717, 1.165) is 10.2 Å². The monoisotopic (exact) mass is 417 g/mol. The van der Waals surface area contributed by atoms with E-state index in [1.807, 2.05) is 55.5 Å². The Morgan fingerprint density at radius 3 is 2.48 bits per heavy atom. The van der Waals surface area contributed by atoms with Crippen molar-refractivity contribution in [1.82, 2.24) is 19.2 Å². The highest BCUT2D eigenvalue weighted by atomic mass is 16.5. The molecule has 2 aromatic heterocycles. The normalized spacial score (nSPS) is 11.1. The zero-order valence-electron chi connectivity index (χ0n) is 17.6. The minimum Gasteiger partial charge on any atom is -0.436 e. The first-order valence-corrected chi connectivity index (χ1v) is 9.99. The molecular weight excluding hydrogens is 394 g/mol. The molecule has 4 aromatic rings. The van der Waals surface area contributed by atoms with Gasteiger partial charge in [0.15, 0.2) is 0 Å². The molecule has 0 saturated heterocycles. The smallest absolute Gasteiger partial charge is 0.351 e. The number of nitrogens with zero attached hydrogens (tertiary/aromatic N) is 4. The fraction of sp³-hybridized carbons (Fsp3) is 0.217. The van der Waals surface area contributed by atoms with Gasteiger partial charge in [0.25, 0.3) is 5.88 Å². The summed E-state index contributed by atoms with van der Waals surface area (Å²) in [6.07, 6.45) is 2.95. The lowest BCUT2D eigenvalue weighted by atomic mass is 10.0. The second kappa shape index (κ2) is 8.43. The van der Waals surface area contributed by atoms with Crippen LogP contribution in [0.15, 0.2) is 65.7 Å². The Bertz CT molecular complexity index is 1270. The molecule has 2 aromatic carbocycles. The maximum Gasteiger partial charge on any atom is 0.351 e. The Morgan fingerprint density at radius 2 is 1.81 bits per heavy atom. The third-order valence-electron chi connectivity index (χ3n) is 4.86. The van der Waals surface area contributed by atoms with Crippen LogP contribution in [0.3, 0.4) is 0 Å². The number of ether oxygens (including phenoxy) is 1. The number of aromatic nitrogens is 4. The summed E-state index contributed by atoms with van der Waals surface area (Å²) >= 11 is 0. The summed E-state index contributed by atoms with van der Waals surface area (Å²) in [5, 5.41) is 7.06. The van der Waals surface area contributed by atoms with Gasteiger partial charge in [-0.25, -0.2) is 18.9 Å². The summed E-state index contributed by atoms with van der Waals surface area (Å²) in [4.78, 5) is 29.3. The van der Waals surface area contributed by atoms with Crippen LogP contribution in [0.2, 0.25) is 0 Å². The molecule has 1 N–H and O–H groups in total. The van der Waals surface area contributed by atoms with E-state index in [2.05, 4.69) is 29.2 Å². The largest absolute Gasteiger partial charge is 0.436 e. The molecule has 0 aliphatic rings. The molecule has 31 heavy (non-hydrogen) atoms. The van der Waals surface area contributed by atoms with E-state index >= 15 is 0 Å². The SMILES string of the molecule is Cc1ccc(Oc2nccn3c(=O)n(CC(=O)Nc4ccc(C(C)C)cc4)nc23)cc1. The van der Waals surface area contributed by atoms with Gasteiger partial charge in [-0.15, -0.1) is 5.10 Å². The van der Waals surface area contributed by atoms with Gasteiger partial charge < -0.3 is 10.1 Å². The molecule has 0 saturated carbocycles. The summed E-state index contributed by atoms with van der Waals surface area (Å²) in [6.45, 7) is 5.97. The number of carbonyl (C=O) groups excluding carboxylic acids is 1. The van der Waals surface area contributed by atoms with Crippen molar-refractivity contribution in [2.75, 3.05) is 5.32 Å². The van der Waals surface area contributed by atoms with Crippen LogP contribution in [0.4, 0.5) is 5.69 Å². The van der Waals surface area contributed by atoms with Crippen LogP contribution in [0.25, 0.3) is 5.65 Å². The lowest BCUT2D eigenvalue weighted by Gasteiger charge is -2.08. The van der Waals surface area contributed by atoms with Crippen LogP contribution in [0.1, 0.15) is 30.9 Å². The van der Waals surface area contributed by atoms with Crippen LogP contribution in [0.5, 0.6) is 11.6 Å². The number of benzene rings is 2. The molecule has 0 unspecified atom stereocenters. The highest BCUT2D eigenvalue weighted by Crippen LogP contribution is 2.22. The van der Waals surface area contributed by atoms with Crippen molar-refractivity contribution in [3.63, 3.8) is 0 Å². The molecule has 8 nitrogen and oxygen atoms in total. The van der Waals surface area contributed by atoms with Crippen molar-refractivity contribution in [3.05, 3.63) is 82.5 Å². The van der Waals surface area contributed by atoms with E-state index < -0.39 is 5.69 Å². The zero-order chi connectivity index (χ0) is 22.0. The molecule has 0 bridgehead atoms.